The smallest absolute Gasteiger partial charge is 0.0710 e. The third-order valence-corrected chi connectivity index (χ3v) is 3.98. The van der Waals surface area contributed by atoms with E-state index in [2.05, 4.69) is 31.5 Å². The van der Waals surface area contributed by atoms with Gasteiger partial charge < -0.3 is 5.32 Å². The van der Waals surface area contributed by atoms with E-state index in [1.807, 2.05) is 25.5 Å². The van der Waals surface area contributed by atoms with Crippen molar-refractivity contribution in [2.75, 3.05) is 20.1 Å². The van der Waals surface area contributed by atoms with Crippen LogP contribution in [-0.4, -0.2) is 46.3 Å². The maximum Gasteiger partial charge on any atom is 0.0710 e. The number of hydrogen-bond acceptors (Lipinski definition) is 4. The lowest BCUT2D eigenvalue weighted by atomic mass is 10.0. The number of rotatable bonds is 4. The number of piperidine rings is 1. The van der Waals surface area contributed by atoms with Crippen molar-refractivity contribution in [2.24, 2.45) is 0 Å². The molecule has 0 aromatic carbocycles. The van der Waals surface area contributed by atoms with Gasteiger partial charge in [0.05, 0.1) is 11.9 Å². The van der Waals surface area contributed by atoms with Crippen LogP contribution in [0.25, 0.3) is 11.3 Å². The third-order valence-electron chi connectivity index (χ3n) is 3.98. The first-order chi connectivity index (χ1) is 9.86. The molecule has 1 saturated heterocycles. The Labute approximate surface area is 119 Å². The summed E-state index contributed by atoms with van der Waals surface area (Å²) < 4.78 is 0. The van der Waals surface area contributed by atoms with Crippen LogP contribution in [0.2, 0.25) is 0 Å². The van der Waals surface area contributed by atoms with Crippen molar-refractivity contribution in [1.29, 1.82) is 0 Å². The van der Waals surface area contributed by atoms with Gasteiger partial charge in [-0.1, -0.05) is 0 Å². The Morgan fingerprint density at radius 1 is 1.45 bits per heavy atom. The van der Waals surface area contributed by atoms with E-state index in [9.17, 15) is 0 Å². The van der Waals surface area contributed by atoms with Crippen molar-refractivity contribution in [3.8, 4) is 11.3 Å². The van der Waals surface area contributed by atoms with Gasteiger partial charge in [0, 0.05) is 42.7 Å². The molecule has 2 aromatic heterocycles. The van der Waals surface area contributed by atoms with Crippen LogP contribution in [0.4, 0.5) is 0 Å². The largest absolute Gasteiger partial charge is 0.316 e. The zero-order chi connectivity index (χ0) is 13.8. The van der Waals surface area contributed by atoms with E-state index in [0.29, 0.717) is 6.04 Å². The molecule has 0 bridgehead atoms. The zero-order valence-corrected chi connectivity index (χ0v) is 11.8. The highest BCUT2D eigenvalue weighted by molar-refractivity contribution is 5.61. The molecule has 1 aliphatic rings. The van der Waals surface area contributed by atoms with Gasteiger partial charge in [-0.3, -0.25) is 15.0 Å². The second-order valence-corrected chi connectivity index (χ2v) is 5.37. The molecule has 0 saturated carbocycles. The highest BCUT2D eigenvalue weighted by atomic mass is 15.2. The van der Waals surface area contributed by atoms with E-state index in [1.165, 1.54) is 18.4 Å². The fourth-order valence-corrected chi connectivity index (χ4v) is 2.87. The summed E-state index contributed by atoms with van der Waals surface area (Å²) in [5.41, 5.74) is 3.43. The lowest BCUT2D eigenvalue weighted by Crippen LogP contribution is -2.43. The summed E-state index contributed by atoms with van der Waals surface area (Å²) in [6, 6.07) is 4.63. The fraction of sp³-hybridized carbons (Fsp3) is 0.467. The first-order valence-corrected chi connectivity index (χ1v) is 7.19. The quantitative estimate of drug-likeness (QED) is 0.888. The minimum absolute atomic E-state index is 0.609. The molecule has 1 fully saturated rings. The number of nitrogens with one attached hydrogen (secondary N) is 2. The van der Waals surface area contributed by atoms with Crippen molar-refractivity contribution < 1.29 is 0 Å². The zero-order valence-electron chi connectivity index (χ0n) is 11.8. The van der Waals surface area contributed by atoms with Crippen molar-refractivity contribution in [3.05, 3.63) is 36.3 Å². The van der Waals surface area contributed by atoms with Gasteiger partial charge in [0.2, 0.25) is 0 Å². The molecule has 1 unspecified atom stereocenters. The predicted octanol–water partition coefficient (Wildman–Crippen LogP) is 1.66. The van der Waals surface area contributed by atoms with Gasteiger partial charge in [-0.15, -0.1) is 0 Å². The normalized spacial score (nSPS) is 20.1. The number of H-pyrrole nitrogens is 1. The fourth-order valence-electron chi connectivity index (χ4n) is 2.87. The van der Waals surface area contributed by atoms with Gasteiger partial charge in [-0.25, -0.2) is 0 Å². The van der Waals surface area contributed by atoms with E-state index < -0.39 is 0 Å². The Morgan fingerprint density at radius 2 is 2.40 bits per heavy atom. The monoisotopic (exact) mass is 271 g/mol. The number of aromatic nitrogens is 3. The second-order valence-electron chi connectivity index (χ2n) is 5.37. The number of likely N-dealkylation sites (tertiary alicyclic amines) is 1. The number of pyridine rings is 1. The molecule has 106 valence electrons. The standard InChI is InChI=1S/C15H21N5/c1-16-14-5-3-7-20(11-14)10-13-9-18-19-15(13)12-4-2-6-17-8-12/h2,4,6,8-9,14,16H,3,5,7,10-11H2,1H3,(H,18,19). The molecule has 0 amide bonds. The van der Waals surface area contributed by atoms with E-state index >= 15 is 0 Å². The Bertz CT molecular complexity index is 536. The minimum atomic E-state index is 0.609. The van der Waals surface area contributed by atoms with E-state index in [1.54, 1.807) is 6.20 Å². The molecule has 5 heteroatoms. The van der Waals surface area contributed by atoms with Gasteiger partial charge in [-0.2, -0.15) is 5.10 Å². The highest BCUT2D eigenvalue weighted by Gasteiger charge is 2.20. The summed E-state index contributed by atoms with van der Waals surface area (Å²) in [5, 5.41) is 10.7. The van der Waals surface area contributed by atoms with Gasteiger partial charge in [0.1, 0.15) is 0 Å². The van der Waals surface area contributed by atoms with Crippen LogP contribution in [0.15, 0.2) is 30.7 Å². The maximum absolute atomic E-state index is 4.21. The van der Waals surface area contributed by atoms with E-state index in [-0.39, 0.29) is 0 Å². The molecule has 3 rings (SSSR count). The van der Waals surface area contributed by atoms with Crippen LogP contribution < -0.4 is 5.32 Å². The molecule has 3 heterocycles. The molecule has 2 N–H and O–H groups in total. The predicted molar refractivity (Wildman–Crippen MR) is 79.2 cm³/mol. The van der Waals surface area contributed by atoms with Gasteiger partial charge >= 0.3 is 0 Å². The second kappa shape index (κ2) is 6.15. The lowest BCUT2D eigenvalue weighted by Gasteiger charge is -2.32. The van der Waals surface area contributed by atoms with Gasteiger partial charge in [0.15, 0.2) is 0 Å². The average Bonchev–Trinajstić information content (AvgIpc) is 2.96. The first kappa shape index (κ1) is 13.3. The highest BCUT2D eigenvalue weighted by Crippen LogP contribution is 2.22. The number of hydrogen-bond donors (Lipinski definition) is 2. The Kier molecular flexibility index (Phi) is 4.08. The van der Waals surface area contributed by atoms with E-state index in [4.69, 9.17) is 0 Å². The summed E-state index contributed by atoms with van der Waals surface area (Å²) in [5.74, 6) is 0. The molecular formula is C15H21N5. The Hall–Kier alpha value is -1.72. The Morgan fingerprint density at radius 3 is 3.20 bits per heavy atom. The van der Waals surface area contributed by atoms with Crippen LogP contribution in [0.3, 0.4) is 0 Å². The molecule has 1 aliphatic heterocycles. The molecular weight excluding hydrogens is 250 g/mol. The number of nitrogens with zero attached hydrogens (tertiary/aromatic N) is 3. The topological polar surface area (TPSA) is 56.8 Å². The van der Waals surface area contributed by atoms with Crippen molar-refractivity contribution in [3.63, 3.8) is 0 Å². The molecule has 5 nitrogen and oxygen atoms in total. The van der Waals surface area contributed by atoms with Gasteiger partial charge in [-0.05, 0) is 38.6 Å². The minimum Gasteiger partial charge on any atom is -0.316 e. The lowest BCUT2D eigenvalue weighted by molar-refractivity contribution is 0.188. The third kappa shape index (κ3) is 2.89. The van der Waals surface area contributed by atoms with Crippen molar-refractivity contribution in [2.45, 2.75) is 25.4 Å². The van der Waals surface area contributed by atoms with Gasteiger partial charge in [0.25, 0.3) is 0 Å². The molecule has 0 radical (unpaired) electrons. The van der Waals surface area contributed by atoms with Crippen molar-refractivity contribution >= 4 is 0 Å². The SMILES string of the molecule is CNC1CCCN(Cc2cn[nH]c2-c2cccnc2)C1. The van der Waals surface area contributed by atoms with E-state index in [0.717, 1.165) is 30.9 Å². The van der Waals surface area contributed by atoms with Crippen molar-refractivity contribution in [1.82, 2.24) is 25.4 Å². The summed E-state index contributed by atoms with van der Waals surface area (Å²) in [6.07, 6.45) is 8.13. The number of aromatic amines is 1. The van der Waals surface area contributed by atoms with Crippen LogP contribution >= 0.6 is 0 Å². The molecule has 2 aromatic rings. The average molecular weight is 271 g/mol. The molecule has 0 aliphatic carbocycles. The molecule has 20 heavy (non-hydrogen) atoms. The summed E-state index contributed by atoms with van der Waals surface area (Å²) in [6.45, 7) is 3.21. The molecule has 0 spiro atoms. The summed E-state index contributed by atoms with van der Waals surface area (Å²) in [7, 11) is 2.05. The van der Waals surface area contributed by atoms with Crippen LogP contribution in [0.1, 0.15) is 18.4 Å². The number of likely N-dealkylation sites (N-methyl/N-ethyl adjacent to an activating group) is 1. The Balaban J connectivity index is 1.74. The first-order valence-electron chi connectivity index (χ1n) is 7.19. The summed E-state index contributed by atoms with van der Waals surface area (Å²) in [4.78, 5) is 6.68. The van der Waals surface area contributed by atoms with Crippen LogP contribution in [0.5, 0.6) is 0 Å². The maximum atomic E-state index is 4.21. The van der Waals surface area contributed by atoms with Crippen LogP contribution in [0, 0.1) is 0 Å². The molecule has 1 atom stereocenters. The van der Waals surface area contributed by atoms with Crippen LogP contribution in [-0.2, 0) is 6.54 Å². The summed E-state index contributed by atoms with van der Waals surface area (Å²) >= 11 is 0.